The Hall–Kier alpha value is -1.73. The standard InChI is InChI=1S/C19H20F3NO2S/c1-25-17-7-11-3-5-23-10-12-6-13(2-4-19(20,21)22)26-18(12)9-15(23)14(11)8-16(17)24/h6-8,15,24H,2-5,9-10H2,1H3/t15-/m0/s1. The van der Waals surface area contributed by atoms with Crippen LogP contribution in [0.15, 0.2) is 18.2 Å². The third-order valence-corrected chi connectivity index (χ3v) is 6.52. The molecule has 0 unspecified atom stereocenters. The summed E-state index contributed by atoms with van der Waals surface area (Å²) in [5, 5.41) is 10.2. The fraction of sp³-hybridized carbons (Fsp3) is 0.474. The Balaban J connectivity index is 1.59. The average Bonchev–Trinajstić information content (AvgIpc) is 2.99. The van der Waals surface area contributed by atoms with Gasteiger partial charge in [-0.1, -0.05) is 0 Å². The molecule has 2 aromatic rings. The molecule has 0 radical (unpaired) electrons. The second kappa shape index (κ2) is 6.46. The lowest BCUT2D eigenvalue weighted by molar-refractivity contribution is -0.133. The number of rotatable bonds is 3. The molecule has 26 heavy (non-hydrogen) atoms. The van der Waals surface area contributed by atoms with Crippen LogP contribution in [0, 0.1) is 0 Å². The van der Waals surface area contributed by atoms with Crippen molar-refractivity contribution in [1.82, 2.24) is 4.90 Å². The van der Waals surface area contributed by atoms with E-state index in [9.17, 15) is 18.3 Å². The van der Waals surface area contributed by atoms with Gasteiger partial charge in [0.15, 0.2) is 11.5 Å². The summed E-state index contributed by atoms with van der Waals surface area (Å²) in [5.41, 5.74) is 3.44. The van der Waals surface area contributed by atoms with Gasteiger partial charge < -0.3 is 9.84 Å². The highest BCUT2D eigenvalue weighted by Gasteiger charge is 2.34. The van der Waals surface area contributed by atoms with Gasteiger partial charge in [0, 0.05) is 41.7 Å². The molecule has 1 atom stereocenters. The van der Waals surface area contributed by atoms with Crippen LogP contribution in [0.5, 0.6) is 11.5 Å². The molecule has 0 saturated carbocycles. The first-order chi connectivity index (χ1) is 12.3. The number of ether oxygens (including phenoxy) is 1. The Morgan fingerprint density at radius 3 is 2.81 bits per heavy atom. The number of aryl methyl sites for hydroxylation is 1. The van der Waals surface area contributed by atoms with Crippen molar-refractivity contribution in [3.8, 4) is 11.5 Å². The van der Waals surface area contributed by atoms with E-state index in [4.69, 9.17) is 4.74 Å². The number of phenolic OH excluding ortho intramolecular Hbond substituents is 1. The molecule has 1 aromatic carbocycles. The Labute approximate surface area is 154 Å². The maximum absolute atomic E-state index is 12.5. The summed E-state index contributed by atoms with van der Waals surface area (Å²) < 4.78 is 42.7. The summed E-state index contributed by atoms with van der Waals surface area (Å²) in [4.78, 5) is 4.34. The molecule has 3 heterocycles. The van der Waals surface area contributed by atoms with E-state index < -0.39 is 12.6 Å². The summed E-state index contributed by atoms with van der Waals surface area (Å²) in [6, 6.07) is 5.80. The number of fused-ring (bicyclic) bond motifs is 4. The summed E-state index contributed by atoms with van der Waals surface area (Å²) >= 11 is 1.50. The number of benzene rings is 1. The molecular weight excluding hydrogens is 363 g/mol. The highest BCUT2D eigenvalue weighted by atomic mass is 32.1. The van der Waals surface area contributed by atoms with Crippen molar-refractivity contribution in [3.05, 3.63) is 44.6 Å². The average molecular weight is 383 g/mol. The molecule has 2 aliphatic heterocycles. The van der Waals surface area contributed by atoms with Crippen molar-refractivity contribution in [1.29, 1.82) is 0 Å². The SMILES string of the molecule is COc1cc2c(cc1O)[C@@H]1Cc3sc(CCC(F)(F)F)cc3CN1CC2. The fourth-order valence-corrected chi connectivity index (χ4v) is 5.20. The van der Waals surface area contributed by atoms with Gasteiger partial charge in [-0.3, -0.25) is 4.90 Å². The number of thiophene rings is 1. The first-order valence-corrected chi connectivity index (χ1v) is 9.47. The van der Waals surface area contributed by atoms with Crippen molar-refractivity contribution in [2.75, 3.05) is 13.7 Å². The van der Waals surface area contributed by atoms with Crippen molar-refractivity contribution in [3.63, 3.8) is 0 Å². The lowest BCUT2D eigenvalue weighted by Crippen LogP contribution is -2.38. The van der Waals surface area contributed by atoms with Crippen LogP contribution in [0.1, 0.15) is 38.9 Å². The van der Waals surface area contributed by atoms with E-state index >= 15 is 0 Å². The number of nitrogens with zero attached hydrogens (tertiary/aromatic N) is 1. The Morgan fingerprint density at radius 1 is 1.27 bits per heavy atom. The van der Waals surface area contributed by atoms with E-state index in [1.807, 2.05) is 12.1 Å². The Kier molecular flexibility index (Phi) is 4.39. The molecule has 0 aliphatic carbocycles. The van der Waals surface area contributed by atoms with Crippen LogP contribution in [-0.4, -0.2) is 29.8 Å². The van der Waals surface area contributed by atoms with Crippen molar-refractivity contribution in [2.24, 2.45) is 0 Å². The van der Waals surface area contributed by atoms with Crippen LogP contribution >= 0.6 is 11.3 Å². The van der Waals surface area contributed by atoms with E-state index in [0.29, 0.717) is 5.75 Å². The molecule has 0 fully saturated rings. The number of hydrogen-bond donors (Lipinski definition) is 1. The molecule has 0 spiro atoms. The maximum atomic E-state index is 12.5. The zero-order chi connectivity index (χ0) is 18.5. The maximum Gasteiger partial charge on any atom is 0.389 e. The molecule has 0 bridgehead atoms. The quantitative estimate of drug-likeness (QED) is 0.840. The number of methoxy groups -OCH3 is 1. The smallest absolute Gasteiger partial charge is 0.389 e. The number of aromatic hydroxyl groups is 1. The first-order valence-electron chi connectivity index (χ1n) is 8.65. The second-order valence-corrected chi connectivity index (χ2v) is 8.16. The molecule has 0 amide bonds. The number of phenols is 1. The second-order valence-electron chi connectivity index (χ2n) is 6.94. The van der Waals surface area contributed by atoms with Gasteiger partial charge in [0.25, 0.3) is 0 Å². The summed E-state index contributed by atoms with van der Waals surface area (Å²) in [6.07, 6.45) is -3.17. The van der Waals surface area contributed by atoms with E-state index in [2.05, 4.69) is 4.90 Å². The lowest BCUT2D eigenvalue weighted by Gasteiger charge is -2.40. The largest absolute Gasteiger partial charge is 0.504 e. The van der Waals surface area contributed by atoms with Crippen molar-refractivity contribution < 1.29 is 23.0 Å². The molecule has 4 rings (SSSR count). The third-order valence-electron chi connectivity index (χ3n) is 5.26. The van der Waals surface area contributed by atoms with Crippen LogP contribution in [-0.2, 0) is 25.8 Å². The van der Waals surface area contributed by atoms with Gasteiger partial charge in [0.1, 0.15) is 0 Å². The molecule has 140 valence electrons. The van der Waals surface area contributed by atoms with E-state index in [1.54, 1.807) is 6.07 Å². The summed E-state index contributed by atoms with van der Waals surface area (Å²) in [6.45, 7) is 1.66. The number of halogens is 3. The van der Waals surface area contributed by atoms with Gasteiger partial charge in [-0.2, -0.15) is 13.2 Å². The topological polar surface area (TPSA) is 32.7 Å². The minimum absolute atomic E-state index is 0.0560. The Bertz CT molecular complexity index is 831. The number of hydrogen-bond acceptors (Lipinski definition) is 4. The summed E-state index contributed by atoms with van der Waals surface area (Å²) in [5.74, 6) is 0.621. The normalized spacial score (nSPS) is 19.6. The Morgan fingerprint density at radius 2 is 2.08 bits per heavy atom. The van der Waals surface area contributed by atoms with Gasteiger partial charge in [-0.15, -0.1) is 11.3 Å². The van der Waals surface area contributed by atoms with Gasteiger partial charge >= 0.3 is 6.18 Å². The zero-order valence-electron chi connectivity index (χ0n) is 14.4. The van der Waals surface area contributed by atoms with E-state index in [0.717, 1.165) is 41.9 Å². The molecule has 2 aliphatic rings. The zero-order valence-corrected chi connectivity index (χ0v) is 15.2. The van der Waals surface area contributed by atoms with Crippen LogP contribution in [0.3, 0.4) is 0 Å². The minimum Gasteiger partial charge on any atom is -0.504 e. The molecule has 1 aromatic heterocycles. The van der Waals surface area contributed by atoms with Crippen molar-refractivity contribution in [2.45, 2.75) is 44.4 Å². The predicted molar refractivity (Wildman–Crippen MR) is 93.9 cm³/mol. The molecule has 0 saturated heterocycles. The molecule has 7 heteroatoms. The predicted octanol–water partition coefficient (Wildman–Crippen LogP) is 4.61. The van der Waals surface area contributed by atoms with Crippen LogP contribution in [0.4, 0.5) is 13.2 Å². The highest BCUT2D eigenvalue weighted by Crippen LogP contribution is 2.44. The highest BCUT2D eigenvalue weighted by molar-refractivity contribution is 7.12. The fourth-order valence-electron chi connectivity index (χ4n) is 3.98. The van der Waals surface area contributed by atoms with Gasteiger partial charge in [-0.05, 0) is 47.7 Å². The van der Waals surface area contributed by atoms with Gasteiger partial charge in [-0.25, -0.2) is 0 Å². The minimum atomic E-state index is -4.11. The summed E-state index contributed by atoms with van der Waals surface area (Å²) in [7, 11) is 1.54. The van der Waals surface area contributed by atoms with Crippen LogP contribution in [0.2, 0.25) is 0 Å². The number of alkyl halides is 3. The molecule has 1 N–H and O–H groups in total. The van der Waals surface area contributed by atoms with Gasteiger partial charge in [0.05, 0.1) is 7.11 Å². The monoisotopic (exact) mass is 383 g/mol. The van der Waals surface area contributed by atoms with E-state index in [-0.39, 0.29) is 18.2 Å². The molecule has 3 nitrogen and oxygen atoms in total. The van der Waals surface area contributed by atoms with Crippen LogP contribution < -0.4 is 4.74 Å². The molecular formula is C19H20F3NO2S. The first kappa shape index (κ1) is 17.7. The lowest BCUT2D eigenvalue weighted by atomic mass is 9.86. The van der Waals surface area contributed by atoms with Gasteiger partial charge in [0.2, 0.25) is 0 Å². The van der Waals surface area contributed by atoms with E-state index in [1.165, 1.54) is 28.9 Å². The van der Waals surface area contributed by atoms with Crippen LogP contribution in [0.25, 0.3) is 0 Å². The van der Waals surface area contributed by atoms with Crippen molar-refractivity contribution >= 4 is 11.3 Å². The third kappa shape index (κ3) is 3.30.